The van der Waals surface area contributed by atoms with Crippen molar-refractivity contribution in [3.63, 3.8) is 0 Å². The van der Waals surface area contributed by atoms with Gasteiger partial charge in [0.2, 0.25) is 5.91 Å². The van der Waals surface area contributed by atoms with Crippen LogP contribution in [0.2, 0.25) is 0 Å². The minimum absolute atomic E-state index is 0.122. The van der Waals surface area contributed by atoms with E-state index in [2.05, 4.69) is 38.2 Å². The number of benzene rings is 1. The molecule has 1 amide bonds. The molecule has 80 valence electrons. The fourth-order valence-electron chi connectivity index (χ4n) is 2.41. The summed E-state index contributed by atoms with van der Waals surface area (Å²) < 4.78 is 0. The van der Waals surface area contributed by atoms with Crippen LogP contribution in [0.1, 0.15) is 37.3 Å². The minimum atomic E-state index is -0.122. The first-order valence-corrected chi connectivity index (χ1v) is 5.37. The Bertz CT molecular complexity index is 395. The Kier molecular flexibility index (Phi) is 2.29. The van der Waals surface area contributed by atoms with E-state index in [9.17, 15) is 4.79 Å². The van der Waals surface area contributed by atoms with Gasteiger partial charge in [0.15, 0.2) is 0 Å². The number of aryl methyl sites for hydroxylation is 1. The van der Waals surface area contributed by atoms with Gasteiger partial charge < -0.3 is 5.32 Å². The topological polar surface area (TPSA) is 29.1 Å². The van der Waals surface area contributed by atoms with Crippen molar-refractivity contribution in [2.24, 2.45) is 0 Å². The van der Waals surface area contributed by atoms with Crippen molar-refractivity contribution in [1.82, 2.24) is 5.32 Å². The van der Waals surface area contributed by atoms with Crippen LogP contribution in [0.5, 0.6) is 0 Å². The van der Waals surface area contributed by atoms with Gasteiger partial charge in [-0.3, -0.25) is 4.79 Å². The minimum Gasteiger partial charge on any atom is -0.351 e. The van der Waals surface area contributed by atoms with Crippen molar-refractivity contribution in [2.45, 2.75) is 38.6 Å². The number of hydrogen-bond acceptors (Lipinski definition) is 1. The van der Waals surface area contributed by atoms with Crippen molar-refractivity contribution in [2.75, 3.05) is 0 Å². The maximum atomic E-state index is 11.4. The maximum absolute atomic E-state index is 11.4. The van der Waals surface area contributed by atoms with E-state index in [-0.39, 0.29) is 11.4 Å². The van der Waals surface area contributed by atoms with Gasteiger partial charge in [-0.15, -0.1) is 0 Å². The van der Waals surface area contributed by atoms with Crippen LogP contribution in [-0.4, -0.2) is 11.4 Å². The lowest BCUT2D eigenvalue weighted by Crippen LogP contribution is -2.38. The summed E-state index contributed by atoms with van der Waals surface area (Å²) in [6.07, 6.45) is 0.609. The molecular formula is C13H17NO. The SMILES string of the molecule is Cc1ccccc1C1CC(=O)NC1(C)C. The van der Waals surface area contributed by atoms with Crippen LogP contribution in [0.4, 0.5) is 0 Å². The summed E-state index contributed by atoms with van der Waals surface area (Å²) >= 11 is 0. The summed E-state index contributed by atoms with van der Waals surface area (Å²) in [6.45, 7) is 6.29. The van der Waals surface area contributed by atoms with Gasteiger partial charge in [0.25, 0.3) is 0 Å². The molecule has 0 radical (unpaired) electrons. The summed E-state index contributed by atoms with van der Waals surface area (Å²) in [4.78, 5) is 11.4. The molecule has 15 heavy (non-hydrogen) atoms. The Labute approximate surface area is 90.7 Å². The van der Waals surface area contributed by atoms with Crippen molar-refractivity contribution in [1.29, 1.82) is 0 Å². The second-order valence-corrected chi connectivity index (χ2v) is 4.88. The van der Waals surface area contributed by atoms with Gasteiger partial charge in [0.1, 0.15) is 0 Å². The first-order chi connectivity index (χ1) is 7.00. The van der Waals surface area contributed by atoms with Gasteiger partial charge in [-0.2, -0.15) is 0 Å². The van der Waals surface area contributed by atoms with E-state index >= 15 is 0 Å². The largest absolute Gasteiger partial charge is 0.351 e. The highest BCUT2D eigenvalue weighted by Crippen LogP contribution is 2.37. The monoisotopic (exact) mass is 203 g/mol. The number of carbonyl (C=O) groups is 1. The van der Waals surface area contributed by atoms with Gasteiger partial charge in [0, 0.05) is 17.9 Å². The van der Waals surface area contributed by atoms with E-state index < -0.39 is 0 Å². The highest BCUT2D eigenvalue weighted by atomic mass is 16.2. The van der Waals surface area contributed by atoms with Crippen LogP contribution < -0.4 is 5.32 Å². The number of hydrogen-bond donors (Lipinski definition) is 1. The fraction of sp³-hybridized carbons (Fsp3) is 0.462. The molecular weight excluding hydrogens is 186 g/mol. The van der Waals surface area contributed by atoms with Crippen LogP contribution in [0.25, 0.3) is 0 Å². The molecule has 1 heterocycles. The predicted molar refractivity (Wildman–Crippen MR) is 60.8 cm³/mol. The molecule has 0 saturated carbocycles. The molecule has 1 aliphatic heterocycles. The van der Waals surface area contributed by atoms with Crippen LogP contribution >= 0.6 is 0 Å². The molecule has 1 aliphatic rings. The molecule has 1 N–H and O–H groups in total. The van der Waals surface area contributed by atoms with E-state index in [0.717, 1.165) is 0 Å². The summed E-state index contributed by atoms with van der Waals surface area (Å²) in [5.41, 5.74) is 2.44. The molecule has 2 rings (SSSR count). The number of nitrogens with one attached hydrogen (secondary N) is 1. The van der Waals surface area contributed by atoms with Crippen molar-refractivity contribution < 1.29 is 4.79 Å². The van der Waals surface area contributed by atoms with Crippen molar-refractivity contribution in [3.05, 3.63) is 35.4 Å². The Morgan fingerprint density at radius 1 is 1.33 bits per heavy atom. The highest BCUT2D eigenvalue weighted by Gasteiger charge is 2.40. The molecule has 1 fully saturated rings. The smallest absolute Gasteiger partial charge is 0.221 e. The van der Waals surface area contributed by atoms with Gasteiger partial charge in [-0.05, 0) is 31.9 Å². The zero-order valence-corrected chi connectivity index (χ0v) is 9.50. The standard InChI is InChI=1S/C13H17NO/c1-9-6-4-5-7-10(9)11-8-12(15)14-13(11,2)3/h4-7,11H,8H2,1-3H3,(H,14,15). The predicted octanol–water partition coefficient (Wildman–Crippen LogP) is 2.38. The number of amides is 1. The second-order valence-electron chi connectivity index (χ2n) is 4.88. The first-order valence-electron chi connectivity index (χ1n) is 5.37. The van der Waals surface area contributed by atoms with E-state index in [1.807, 2.05) is 12.1 Å². The second kappa shape index (κ2) is 3.37. The lowest BCUT2D eigenvalue weighted by molar-refractivity contribution is -0.119. The quantitative estimate of drug-likeness (QED) is 0.746. The molecule has 0 aliphatic carbocycles. The summed E-state index contributed by atoms with van der Waals surface area (Å²) in [5, 5.41) is 3.03. The first kappa shape index (κ1) is 10.2. The molecule has 1 atom stereocenters. The third-order valence-corrected chi connectivity index (χ3v) is 3.29. The number of rotatable bonds is 1. The molecule has 0 bridgehead atoms. The zero-order valence-electron chi connectivity index (χ0n) is 9.50. The Hall–Kier alpha value is -1.31. The lowest BCUT2D eigenvalue weighted by atomic mass is 9.81. The van der Waals surface area contributed by atoms with Gasteiger partial charge >= 0.3 is 0 Å². The fourth-order valence-corrected chi connectivity index (χ4v) is 2.41. The Balaban J connectivity index is 2.40. The third kappa shape index (κ3) is 1.76. The zero-order chi connectivity index (χ0) is 11.1. The molecule has 0 aromatic heterocycles. The van der Waals surface area contributed by atoms with Gasteiger partial charge in [-0.1, -0.05) is 24.3 Å². The van der Waals surface area contributed by atoms with Gasteiger partial charge in [0.05, 0.1) is 0 Å². The molecule has 1 aromatic carbocycles. The van der Waals surface area contributed by atoms with Crippen LogP contribution in [0.3, 0.4) is 0 Å². The summed E-state index contributed by atoms with van der Waals surface area (Å²) in [5.74, 6) is 0.458. The lowest BCUT2D eigenvalue weighted by Gasteiger charge is -2.27. The molecule has 1 saturated heterocycles. The Morgan fingerprint density at radius 2 is 2.00 bits per heavy atom. The van der Waals surface area contributed by atoms with Crippen molar-refractivity contribution in [3.8, 4) is 0 Å². The number of carbonyl (C=O) groups excluding carboxylic acids is 1. The van der Waals surface area contributed by atoms with E-state index in [4.69, 9.17) is 0 Å². The Morgan fingerprint density at radius 3 is 2.53 bits per heavy atom. The average molecular weight is 203 g/mol. The van der Waals surface area contributed by atoms with Gasteiger partial charge in [-0.25, -0.2) is 0 Å². The van der Waals surface area contributed by atoms with E-state index in [0.29, 0.717) is 12.3 Å². The van der Waals surface area contributed by atoms with Crippen LogP contribution in [-0.2, 0) is 4.79 Å². The highest BCUT2D eigenvalue weighted by molar-refractivity contribution is 5.81. The van der Waals surface area contributed by atoms with E-state index in [1.54, 1.807) is 0 Å². The molecule has 2 nitrogen and oxygen atoms in total. The van der Waals surface area contributed by atoms with Crippen LogP contribution in [0.15, 0.2) is 24.3 Å². The normalized spacial score (nSPS) is 23.9. The average Bonchev–Trinajstić information content (AvgIpc) is 2.40. The third-order valence-electron chi connectivity index (χ3n) is 3.29. The molecule has 0 spiro atoms. The maximum Gasteiger partial charge on any atom is 0.221 e. The summed E-state index contributed by atoms with van der Waals surface area (Å²) in [7, 11) is 0. The van der Waals surface area contributed by atoms with Crippen molar-refractivity contribution >= 4 is 5.91 Å². The summed E-state index contributed by atoms with van der Waals surface area (Å²) in [6, 6.07) is 8.31. The molecule has 1 aromatic rings. The van der Waals surface area contributed by atoms with E-state index in [1.165, 1.54) is 11.1 Å². The molecule has 1 unspecified atom stereocenters. The van der Waals surface area contributed by atoms with Crippen LogP contribution in [0, 0.1) is 6.92 Å². The molecule has 2 heteroatoms.